The Morgan fingerprint density at radius 2 is 2.14 bits per heavy atom. The van der Waals surface area contributed by atoms with Crippen molar-refractivity contribution < 1.29 is 4.79 Å². The van der Waals surface area contributed by atoms with E-state index in [0.29, 0.717) is 0 Å². The topological polar surface area (TPSA) is 67.2 Å². The van der Waals surface area contributed by atoms with Crippen LogP contribution in [0.1, 0.15) is 39.0 Å². The Labute approximate surface area is 85.6 Å². The number of urea groups is 1. The van der Waals surface area contributed by atoms with Crippen LogP contribution in [0.2, 0.25) is 0 Å². The van der Waals surface area contributed by atoms with Gasteiger partial charge in [-0.2, -0.15) is 0 Å². The van der Waals surface area contributed by atoms with Gasteiger partial charge in [0, 0.05) is 18.6 Å². The first-order valence-corrected chi connectivity index (χ1v) is 5.54. The second kappa shape index (κ2) is 5.86. The molecule has 82 valence electrons. The zero-order valence-corrected chi connectivity index (χ0v) is 8.88. The SMILES string of the molecule is CCCNC(=O)NC1CCCCC1N. The fraction of sp³-hybridized carbons (Fsp3) is 0.900. The Kier molecular flexibility index (Phi) is 4.73. The van der Waals surface area contributed by atoms with Crippen LogP contribution in [0.4, 0.5) is 4.79 Å². The number of carbonyl (C=O) groups excluding carboxylic acids is 1. The predicted molar refractivity (Wildman–Crippen MR) is 57.1 cm³/mol. The summed E-state index contributed by atoms with van der Waals surface area (Å²) in [4.78, 5) is 11.3. The van der Waals surface area contributed by atoms with Gasteiger partial charge in [0.25, 0.3) is 0 Å². The van der Waals surface area contributed by atoms with Crippen LogP contribution in [0.5, 0.6) is 0 Å². The summed E-state index contributed by atoms with van der Waals surface area (Å²) >= 11 is 0. The third kappa shape index (κ3) is 3.54. The zero-order valence-electron chi connectivity index (χ0n) is 8.88. The second-order valence-corrected chi connectivity index (χ2v) is 3.96. The Hall–Kier alpha value is -0.770. The molecule has 2 amide bonds. The van der Waals surface area contributed by atoms with Crippen molar-refractivity contribution in [2.75, 3.05) is 6.54 Å². The number of rotatable bonds is 3. The fourth-order valence-electron chi connectivity index (χ4n) is 1.80. The molecule has 0 aromatic carbocycles. The van der Waals surface area contributed by atoms with Gasteiger partial charge in [-0.3, -0.25) is 0 Å². The van der Waals surface area contributed by atoms with Gasteiger partial charge in [-0.25, -0.2) is 4.79 Å². The molecule has 0 spiro atoms. The predicted octanol–water partition coefficient (Wildman–Crippen LogP) is 0.965. The van der Waals surface area contributed by atoms with Crippen molar-refractivity contribution in [3.8, 4) is 0 Å². The van der Waals surface area contributed by atoms with Crippen LogP contribution in [0, 0.1) is 0 Å². The van der Waals surface area contributed by atoms with E-state index in [-0.39, 0.29) is 18.1 Å². The van der Waals surface area contributed by atoms with Gasteiger partial charge in [0.2, 0.25) is 0 Å². The molecule has 0 heterocycles. The highest BCUT2D eigenvalue weighted by atomic mass is 16.2. The highest BCUT2D eigenvalue weighted by molar-refractivity contribution is 5.74. The monoisotopic (exact) mass is 199 g/mol. The van der Waals surface area contributed by atoms with Crippen molar-refractivity contribution in [1.29, 1.82) is 0 Å². The van der Waals surface area contributed by atoms with Crippen LogP contribution >= 0.6 is 0 Å². The number of nitrogens with two attached hydrogens (primary N) is 1. The average Bonchev–Trinajstić information content (AvgIpc) is 2.18. The van der Waals surface area contributed by atoms with Gasteiger partial charge in [0.1, 0.15) is 0 Å². The van der Waals surface area contributed by atoms with Crippen molar-refractivity contribution in [3.05, 3.63) is 0 Å². The molecule has 0 aromatic heterocycles. The van der Waals surface area contributed by atoms with Crippen LogP contribution in [-0.2, 0) is 0 Å². The van der Waals surface area contributed by atoms with Crippen LogP contribution < -0.4 is 16.4 Å². The lowest BCUT2D eigenvalue weighted by Crippen LogP contribution is -2.52. The molecule has 4 heteroatoms. The molecule has 2 unspecified atom stereocenters. The van der Waals surface area contributed by atoms with Crippen molar-refractivity contribution in [2.24, 2.45) is 5.73 Å². The maximum Gasteiger partial charge on any atom is 0.315 e. The van der Waals surface area contributed by atoms with Gasteiger partial charge in [-0.15, -0.1) is 0 Å². The summed E-state index contributed by atoms with van der Waals surface area (Å²) in [6.45, 7) is 2.76. The van der Waals surface area contributed by atoms with E-state index in [1.165, 1.54) is 12.8 Å². The maximum atomic E-state index is 11.3. The van der Waals surface area contributed by atoms with Crippen LogP contribution in [0.25, 0.3) is 0 Å². The summed E-state index contributed by atoms with van der Waals surface area (Å²) < 4.78 is 0. The first kappa shape index (κ1) is 11.3. The second-order valence-electron chi connectivity index (χ2n) is 3.96. The normalized spacial score (nSPS) is 27.0. The quantitative estimate of drug-likeness (QED) is 0.634. The summed E-state index contributed by atoms with van der Waals surface area (Å²) in [6, 6.07) is 0.228. The van der Waals surface area contributed by atoms with Crippen molar-refractivity contribution >= 4 is 6.03 Å². The van der Waals surface area contributed by atoms with E-state index in [2.05, 4.69) is 10.6 Å². The van der Waals surface area contributed by atoms with Crippen molar-refractivity contribution in [3.63, 3.8) is 0 Å². The molecular weight excluding hydrogens is 178 g/mol. The van der Waals surface area contributed by atoms with E-state index >= 15 is 0 Å². The molecule has 2 atom stereocenters. The van der Waals surface area contributed by atoms with Gasteiger partial charge in [0.05, 0.1) is 0 Å². The Morgan fingerprint density at radius 1 is 1.43 bits per heavy atom. The number of carbonyl (C=O) groups is 1. The molecule has 1 fully saturated rings. The van der Waals surface area contributed by atoms with Crippen LogP contribution in [-0.4, -0.2) is 24.7 Å². The minimum Gasteiger partial charge on any atom is -0.338 e. The fourth-order valence-corrected chi connectivity index (χ4v) is 1.80. The molecule has 4 N–H and O–H groups in total. The summed E-state index contributed by atoms with van der Waals surface area (Å²) in [5, 5.41) is 5.72. The van der Waals surface area contributed by atoms with E-state index < -0.39 is 0 Å². The minimum absolute atomic E-state index is 0.0748. The lowest BCUT2D eigenvalue weighted by Gasteiger charge is -2.29. The van der Waals surface area contributed by atoms with Crippen LogP contribution in [0.3, 0.4) is 0 Å². The van der Waals surface area contributed by atoms with E-state index in [1.54, 1.807) is 0 Å². The Bertz CT molecular complexity index is 184. The molecule has 0 aromatic rings. The molecule has 14 heavy (non-hydrogen) atoms. The molecule has 1 aliphatic rings. The number of nitrogens with one attached hydrogen (secondary N) is 2. The van der Waals surface area contributed by atoms with Crippen molar-refractivity contribution in [1.82, 2.24) is 10.6 Å². The van der Waals surface area contributed by atoms with E-state index in [1.807, 2.05) is 6.92 Å². The number of hydrogen-bond donors (Lipinski definition) is 3. The lowest BCUT2D eigenvalue weighted by molar-refractivity contribution is 0.229. The Morgan fingerprint density at radius 3 is 2.79 bits per heavy atom. The first-order valence-electron chi connectivity index (χ1n) is 5.54. The van der Waals surface area contributed by atoms with Gasteiger partial charge < -0.3 is 16.4 Å². The van der Waals surface area contributed by atoms with Gasteiger partial charge in [-0.05, 0) is 19.3 Å². The average molecular weight is 199 g/mol. The molecule has 0 aliphatic heterocycles. The highest BCUT2D eigenvalue weighted by Gasteiger charge is 2.22. The maximum absolute atomic E-state index is 11.3. The highest BCUT2D eigenvalue weighted by Crippen LogP contribution is 2.16. The Balaban J connectivity index is 2.23. The first-order chi connectivity index (χ1) is 6.74. The zero-order chi connectivity index (χ0) is 10.4. The van der Waals surface area contributed by atoms with Crippen molar-refractivity contribution in [2.45, 2.75) is 51.1 Å². The molecular formula is C10H21N3O. The molecule has 1 aliphatic carbocycles. The standard InChI is InChI=1S/C10H21N3O/c1-2-7-12-10(14)13-9-6-4-3-5-8(9)11/h8-9H,2-7,11H2,1H3,(H2,12,13,14). The van der Waals surface area contributed by atoms with E-state index in [4.69, 9.17) is 5.73 Å². The molecule has 0 radical (unpaired) electrons. The third-order valence-corrected chi connectivity index (χ3v) is 2.67. The molecule has 4 nitrogen and oxygen atoms in total. The summed E-state index contributed by atoms with van der Waals surface area (Å²) in [5.41, 5.74) is 5.91. The van der Waals surface area contributed by atoms with E-state index in [9.17, 15) is 4.79 Å². The molecule has 1 saturated carbocycles. The minimum atomic E-state index is -0.0748. The molecule has 0 saturated heterocycles. The number of hydrogen-bond acceptors (Lipinski definition) is 2. The summed E-state index contributed by atoms with van der Waals surface area (Å²) in [5.74, 6) is 0. The third-order valence-electron chi connectivity index (χ3n) is 2.67. The summed E-state index contributed by atoms with van der Waals surface area (Å²) in [6.07, 6.45) is 5.37. The van der Waals surface area contributed by atoms with Gasteiger partial charge in [-0.1, -0.05) is 19.8 Å². The van der Waals surface area contributed by atoms with E-state index in [0.717, 1.165) is 25.8 Å². The van der Waals surface area contributed by atoms with Gasteiger partial charge in [0.15, 0.2) is 0 Å². The van der Waals surface area contributed by atoms with Gasteiger partial charge >= 0.3 is 6.03 Å². The number of amides is 2. The summed E-state index contributed by atoms with van der Waals surface area (Å²) in [7, 11) is 0. The molecule has 0 bridgehead atoms. The van der Waals surface area contributed by atoms with Crippen LogP contribution in [0.15, 0.2) is 0 Å². The molecule has 1 rings (SSSR count). The lowest BCUT2D eigenvalue weighted by atomic mass is 9.91. The largest absolute Gasteiger partial charge is 0.338 e. The smallest absolute Gasteiger partial charge is 0.315 e.